The summed E-state index contributed by atoms with van der Waals surface area (Å²) in [5.74, 6) is 0. The van der Waals surface area contributed by atoms with Crippen LogP contribution < -0.4 is 15.5 Å². The molecule has 1 aliphatic rings. The first-order valence-corrected chi connectivity index (χ1v) is 12.5. The van der Waals surface area contributed by atoms with Crippen molar-refractivity contribution in [2.45, 2.75) is 4.90 Å². The van der Waals surface area contributed by atoms with Crippen LogP contribution in [-0.2, 0) is 4.74 Å². The molecule has 2 amide bonds. The van der Waals surface area contributed by atoms with Gasteiger partial charge in [0.2, 0.25) is 0 Å². The lowest BCUT2D eigenvalue weighted by molar-refractivity contribution is 0.123. The van der Waals surface area contributed by atoms with Crippen LogP contribution in [0.5, 0.6) is 0 Å². The second kappa shape index (κ2) is 10.2. The maximum Gasteiger partial charge on any atom is 0.323 e. The highest BCUT2D eigenvalue weighted by Gasteiger charge is 2.17. The molecule has 0 bridgehead atoms. The molecule has 1 aliphatic heterocycles. The Hall–Kier alpha value is -3.55. The Labute approximate surface area is 203 Å². The van der Waals surface area contributed by atoms with Crippen LogP contribution in [0.25, 0.3) is 22.2 Å². The number of carbonyl (C=O) groups excluding carboxylic acids is 1. The zero-order chi connectivity index (χ0) is 23.3. The number of hydrogen-bond donors (Lipinski definition) is 2. The molecule has 4 aromatic rings. The average molecular weight is 471 g/mol. The van der Waals surface area contributed by atoms with Gasteiger partial charge in [-0.15, -0.1) is 11.8 Å². The molecule has 7 heteroatoms. The third kappa shape index (κ3) is 5.00. The number of urea groups is 1. The first-order chi connectivity index (χ1) is 16.7. The molecule has 172 valence electrons. The molecule has 6 nitrogen and oxygen atoms in total. The first kappa shape index (κ1) is 22.3. The minimum absolute atomic E-state index is 0.278. The van der Waals surface area contributed by atoms with Crippen LogP contribution in [0.1, 0.15) is 0 Å². The zero-order valence-electron chi connectivity index (χ0n) is 19.0. The van der Waals surface area contributed by atoms with E-state index in [-0.39, 0.29) is 6.03 Å². The number of nitrogens with one attached hydrogen (secondary N) is 2. The van der Waals surface area contributed by atoms with Crippen LogP contribution in [0.3, 0.4) is 0 Å². The van der Waals surface area contributed by atoms with Crippen molar-refractivity contribution in [3.63, 3.8) is 0 Å². The Bertz CT molecular complexity index is 1310. The van der Waals surface area contributed by atoms with Crippen LogP contribution in [0.2, 0.25) is 0 Å². The SMILES string of the molecule is CSc1cccc(NC(=O)Nc2ccc3nc(-c4ccccc4)cc(N4CCOCC4)c3c2)c1. The third-order valence-electron chi connectivity index (χ3n) is 5.79. The van der Waals surface area contributed by atoms with Crippen LogP contribution in [0.4, 0.5) is 21.9 Å². The Morgan fingerprint density at radius 3 is 2.44 bits per heavy atom. The Kier molecular flexibility index (Phi) is 6.65. The van der Waals surface area contributed by atoms with Gasteiger partial charge in [0.25, 0.3) is 0 Å². The van der Waals surface area contributed by atoms with E-state index < -0.39 is 0 Å². The minimum Gasteiger partial charge on any atom is -0.378 e. The van der Waals surface area contributed by atoms with E-state index in [1.807, 2.05) is 66.9 Å². The molecule has 0 aliphatic carbocycles. The Morgan fingerprint density at radius 1 is 0.912 bits per heavy atom. The van der Waals surface area contributed by atoms with E-state index >= 15 is 0 Å². The molecular formula is C27H26N4O2S. The normalized spacial score (nSPS) is 13.6. The van der Waals surface area contributed by atoms with Crippen LogP contribution in [-0.4, -0.2) is 43.6 Å². The summed E-state index contributed by atoms with van der Waals surface area (Å²) in [7, 11) is 0. The van der Waals surface area contributed by atoms with Gasteiger partial charge in [-0.1, -0.05) is 36.4 Å². The molecule has 34 heavy (non-hydrogen) atoms. The van der Waals surface area contributed by atoms with E-state index in [9.17, 15) is 4.79 Å². The summed E-state index contributed by atoms with van der Waals surface area (Å²) in [5.41, 5.74) is 5.48. The monoisotopic (exact) mass is 470 g/mol. The molecule has 0 unspecified atom stereocenters. The number of amides is 2. The van der Waals surface area contributed by atoms with E-state index in [4.69, 9.17) is 9.72 Å². The molecule has 2 N–H and O–H groups in total. The van der Waals surface area contributed by atoms with Gasteiger partial charge in [-0.05, 0) is 48.7 Å². The van der Waals surface area contributed by atoms with Crippen molar-refractivity contribution in [3.8, 4) is 11.3 Å². The molecule has 0 radical (unpaired) electrons. The third-order valence-corrected chi connectivity index (χ3v) is 6.52. The summed E-state index contributed by atoms with van der Waals surface area (Å²) in [6, 6.07) is 25.7. The van der Waals surface area contributed by atoms with Gasteiger partial charge >= 0.3 is 6.03 Å². The molecule has 0 spiro atoms. The van der Waals surface area contributed by atoms with Crippen molar-refractivity contribution in [3.05, 3.63) is 78.9 Å². The first-order valence-electron chi connectivity index (χ1n) is 11.2. The second-order valence-electron chi connectivity index (χ2n) is 8.04. The number of pyridine rings is 1. The summed E-state index contributed by atoms with van der Waals surface area (Å²) in [6.45, 7) is 3.02. The molecule has 0 atom stereocenters. The van der Waals surface area contributed by atoms with Crippen molar-refractivity contribution in [2.24, 2.45) is 0 Å². The standard InChI is InChI=1S/C27H26N4O2S/c1-34-22-9-5-8-20(16-22)28-27(32)29-21-10-11-24-23(17-21)26(31-12-14-33-15-13-31)18-25(30-24)19-6-3-2-4-7-19/h2-11,16-18H,12-15H2,1H3,(H2,28,29,32). The van der Waals surface area contributed by atoms with Gasteiger partial charge in [0.05, 0.1) is 24.4 Å². The number of aromatic nitrogens is 1. The highest BCUT2D eigenvalue weighted by atomic mass is 32.2. The fraction of sp³-hybridized carbons (Fsp3) is 0.185. The summed E-state index contributed by atoms with van der Waals surface area (Å²) >= 11 is 1.64. The minimum atomic E-state index is -0.278. The quantitative estimate of drug-likeness (QED) is 0.345. The molecule has 1 aromatic heterocycles. The van der Waals surface area contributed by atoms with E-state index in [0.717, 1.165) is 57.2 Å². The van der Waals surface area contributed by atoms with Gasteiger partial charge in [0.15, 0.2) is 0 Å². The van der Waals surface area contributed by atoms with Gasteiger partial charge in [-0.25, -0.2) is 9.78 Å². The molecule has 0 saturated carbocycles. The molecule has 1 saturated heterocycles. The van der Waals surface area contributed by atoms with Gasteiger partial charge in [-0.2, -0.15) is 0 Å². The summed E-state index contributed by atoms with van der Waals surface area (Å²) in [4.78, 5) is 21.0. The van der Waals surface area contributed by atoms with Crippen molar-refractivity contribution >= 4 is 45.8 Å². The molecule has 2 heterocycles. The van der Waals surface area contributed by atoms with E-state index in [1.54, 1.807) is 11.8 Å². The summed E-state index contributed by atoms with van der Waals surface area (Å²) in [6.07, 6.45) is 2.01. The Morgan fingerprint density at radius 2 is 1.68 bits per heavy atom. The van der Waals surface area contributed by atoms with Crippen molar-refractivity contribution in [2.75, 3.05) is 48.1 Å². The Balaban J connectivity index is 1.46. The second-order valence-corrected chi connectivity index (χ2v) is 8.91. The number of fused-ring (bicyclic) bond motifs is 1. The number of thioether (sulfide) groups is 1. The number of morpholine rings is 1. The van der Waals surface area contributed by atoms with Gasteiger partial charge in [0.1, 0.15) is 0 Å². The number of nitrogens with zero attached hydrogens (tertiary/aromatic N) is 2. The highest BCUT2D eigenvalue weighted by Crippen LogP contribution is 2.33. The molecule has 5 rings (SSSR count). The maximum atomic E-state index is 12.7. The van der Waals surface area contributed by atoms with Crippen molar-refractivity contribution in [1.82, 2.24) is 4.98 Å². The van der Waals surface area contributed by atoms with Crippen LogP contribution in [0.15, 0.2) is 83.8 Å². The fourth-order valence-electron chi connectivity index (χ4n) is 4.10. The van der Waals surface area contributed by atoms with Crippen LogP contribution in [0, 0.1) is 0 Å². The van der Waals surface area contributed by atoms with E-state index in [0.29, 0.717) is 13.2 Å². The van der Waals surface area contributed by atoms with Crippen molar-refractivity contribution in [1.29, 1.82) is 0 Å². The largest absolute Gasteiger partial charge is 0.378 e. The lowest BCUT2D eigenvalue weighted by Gasteiger charge is -2.30. The maximum absolute atomic E-state index is 12.7. The number of anilines is 3. The number of hydrogen-bond acceptors (Lipinski definition) is 5. The average Bonchev–Trinajstić information content (AvgIpc) is 2.89. The van der Waals surface area contributed by atoms with Gasteiger partial charge in [-0.3, -0.25) is 0 Å². The number of benzene rings is 3. The zero-order valence-corrected chi connectivity index (χ0v) is 19.8. The predicted octanol–water partition coefficient (Wildman–Crippen LogP) is 6.10. The highest BCUT2D eigenvalue weighted by molar-refractivity contribution is 7.98. The van der Waals surface area contributed by atoms with Gasteiger partial charge in [0, 0.05) is 46.0 Å². The number of carbonyl (C=O) groups is 1. The number of ether oxygens (including phenoxy) is 1. The van der Waals surface area contributed by atoms with Crippen LogP contribution >= 0.6 is 11.8 Å². The summed E-state index contributed by atoms with van der Waals surface area (Å²) < 4.78 is 5.57. The van der Waals surface area contributed by atoms with Gasteiger partial charge < -0.3 is 20.3 Å². The van der Waals surface area contributed by atoms with E-state index in [2.05, 4.69) is 33.7 Å². The fourth-order valence-corrected chi connectivity index (χ4v) is 4.56. The topological polar surface area (TPSA) is 66.5 Å². The number of rotatable bonds is 5. The van der Waals surface area contributed by atoms with E-state index in [1.165, 1.54) is 0 Å². The molecule has 3 aromatic carbocycles. The smallest absolute Gasteiger partial charge is 0.323 e. The predicted molar refractivity (Wildman–Crippen MR) is 141 cm³/mol. The summed E-state index contributed by atoms with van der Waals surface area (Å²) in [5, 5.41) is 6.89. The lowest BCUT2D eigenvalue weighted by atomic mass is 10.1. The molecule has 1 fully saturated rings. The molecular weight excluding hydrogens is 444 g/mol. The lowest BCUT2D eigenvalue weighted by Crippen LogP contribution is -2.36. The van der Waals surface area contributed by atoms with Crippen molar-refractivity contribution < 1.29 is 9.53 Å².